The monoisotopic (exact) mass is 294 g/mol. The number of hydrogen-bond acceptors (Lipinski definition) is 4. The fourth-order valence-corrected chi connectivity index (χ4v) is 2.88. The molecule has 5 nitrogen and oxygen atoms in total. The minimum Gasteiger partial charge on any atom is -0.376 e. The van der Waals surface area contributed by atoms with E-state index in [2.05, 4.69) is 14.7 Å². The molecule has 1 atom stereocenters. The van der Waals surface area contributed by atoms with Gasteiger partial charge in [0.05, 0.1) is 6.10 Å². The van der Waals surface area contributed by atoms with Crippen molar-refractivity contribution in [2.75, 3.05) is 18.5 Å². The first kappa shape index (κ1) is 13.3. The van der Waals surface area contributed by atoms with Gasteiger partial charge < -0.3 is 10.1 Å². The maximum atomic E-state index is 5.70. The first-order chi connectivity index (χ1) is 10.9. The van der Waals surface area contributed by atoms with Crippen molar-refractivity contribution in [3.8, 4) is 11.3 Å². The van der Waals surface area contributed by atoms with E-state index in [1.807, 2.05) is 42.7 Å². The van der Waals surface area contributed by atoms with Gasteiger partial charge in [-0.3, -0.25) is 9.38 Å². The third-order valence-electron chi connectivity index (χ3n) is 3.99. The van der Waals surface area contributed by atoms with Gasteiger partial charge in [-0.15, -0.1) is 0 Å². The molecule has 1 aliphatic rings. The second-order valence-electron chi connectivity index (χ2n) is 5.50. The van der Waals surface area contributed by atoms with Crippen LogP contribution < -0.4 is 5.32 Å². The lowest BCUT2D eigenvalue weighted by Crippen LogP contribution is -2.19. The van der Waals surface area contributed by atoms with Gasteiger partial charge in [0.25, 0.3) is 0 Å². The number of nitrogens with zero attached hydrogens (tertiary/aromatic N) is 3. The molecule has 4 rings (SSSR count). The van der Waals surface area contributed by atoms with Gasteiger partial charge in [0.1, 0.15) is 17.2 Å². The predicted molar refractivity (Wildman–Crippen MR) is 85.9 cm³/mol. The lowest BCUT2D eigenvalue weighted by atomic mass is 10.2. The van der Waals surface area contributed by atoms with Crippen LogP contribution in [-0.4, -0.2) is 33.6 Å². The van der Waals surface area contributed by atoms with E-state index in [4.69, 9.17) is 9.72 Å². The molecule has 22 heavy (non-hydrogen) atoms. The predicted octanol–water partition coefficient (Wildman–Crippen LogP) is 2.99. The number of imidazole rings is 1. The zero-order chi connectivity index (χ0) is 14.8. The summed E-state index contributed by atoms with van der Waals surface area (Å²) >= 11 is 0. The van der Waals surface area contributed by atoms with Crippen LogP contribution in [0.15, 0.2) is 48.9 Å². The number of anilines is 1. The van der Waals surface area contributed by atoms with Gasteiger partial charge in [-0.2, -0.15) is 0 Å². The number of pyridine rings is 2. The van der Waals surface area contributed by atoms with E-state index < -0.39 is 0 Å². The Kier molecular flexibility index (Phi) is 3.48. The van der Waals surface area contributed by atoms with Gasteiger partial charge in [0.2, 0.25) is 0 Å². The summed E-state index contributed by atoms with van der Waals surface area (Å²) in [7, 11) is 0. The van der Waals surface area contributed by atoms with E-state index in [1.54, 1.807) is 6.20 Å². The van der Waals surface area contributed by atoms with Gasteiger partial charge in [0.15, 0.2) is 0 Å². The summed E-state index contributed by atoms with van der Waals surface area (Å²) in [5.41, 5.74) is 2.87. The van der Waals surface area contributed by atoms with Crippen LogP contribution in [0.3, 0.4) is 0 Å². The second kappa shape index (κ2) is 5.77. The van der Waals surface area contributed by atoms with E-state index >= 15 is 0 Å². The summed E-state index contributed by atoms with van der Waals surface area (Å²) in [6, 6.07) is 9.99. The molecule has 0 amide bonds. The summed E-state index contributed by atoms with van der Waals surface area (Å²) in [6.07, 6.45) is 8.20. The first-order valence-electron chi connectivity index (χ1n) is 7.65. The van der Waals surface area contributed by atoms with Gasteiger partial charge in [-0.05, 0) is 37.1 Å². The molecule has 1 N–H and O–H groups in total. The van der Waals surface area contributed by atoms with E-state index in [9.17, 15) is 0 Å². The average molecular weight is 294 g/mol. The van der Waals surface area contributed by atoms with Crippen molar-refractivity contribution in [1.82, 2.24) is 14.4 Å². The van der Waals surface area contributed by atoms with Gasteiger partial charge in [0, 0.05) is 37.3 Å². The van der Waals surface area contributed by atoms with Crippen molar-refractivity contribution < 1.29 is 4.74 Å². The highest BCUT2D eigenvalue weighted by atomic mass is 16.5. The van der Waals surface area contributed by atoms with E-state index in [1.165, 1.54) is 0 Å². The molecule has 0 aliphatic carbocycles. The molecule has 0 bridgehead atoms. The second-order valence-corrected chi connectivity index (χ2v) is 5.50. The molecule has 5 heteroatoms. The number of ether oxygens (including phenoxy) is 1. The first-order valence-corrected chi connectivity index (χ1v) is 7.65. The Morgan fingerprint density at radius 1 is 1.27 bits per heavy atom. The van der Waals surface area contributed by atoms with Crippen LogP contribution in [0.1, 0.15) is 12.8 Å². The average Bonchev–Trinajstić information content (AvgIpc) is 3.21. The Bertz CT molecular complexity index is 763. The summed E-state index contributed by atoms with van der Waals surface area (Å²) in [5, 5.41) is 3.52. The van der Waals surface area contributed by atoms with Crippen molar-refractivity contribution in [3.63, 3.8) is 0 Å². The Labute approximate surface area is 129 Å². The van der Waals surface area contributed by atoms with Crippen LogP contribution in [-0.2, 0) is 4.74 Å². The summed E-state index contributed by atoms with van der Waals surface area (Å²) in [5.74, 6) is 0.999. The Morgan fingerprint density at radius 3 is 3.09 bits per heavy atom. The third-order valence-corrected chi connectivity index (χ3v) is 3.99. The maximum absolute atomic E-state index is 5.70. The number of rotatable bonds is 4. The maximum Gasteiger partial charge on any atom is 0.139 e. The Balaban J connectivity index is 1.73. The highest BCUT2D eigenvalue weighted by molar-refractivity contribution is 5.76. The molecule has 3 aromatic rings. The zero-order valence-electron chi connectivity index (χ0n) is 12.3. The lowest BCUT2D eigenvalue weighted by Gasteiger charge is -2.13. The van der Waals surface area contributed by atoms with Crippen molar-refractivity contribution in [3.05, 3.63) is 48.9 Å². The molecule has 1 fully saturated rings. The number of nitrogens with one attached hydrogen (secondary N) is 1. The normalized spacial score (nSPS) is 17.9. The topological polar surface area (TPSA) is 51.5 Å². The van der Waals surface area contributed by atoms with Crippen LogP contribution in [0.5, 0.6) is 0 Å². The third kappa shape index (κ3) is 2.44. The molecule has 0 aromatic carbocycles. The smallest absolute Gasteiger partial charge is 0.139 e. The summed E-state index contributed by atoms with van der Waals surface area (Å²) in [4.78, 5) is 8.96. The van der Waals surface area contributed by atoms with Crippen molar-refractivity contribution in [1.29, 1.82) is 0 Å². The minimum absolute atomic E-state index is 0.288. The fraction of sp³-hybridized carbons (Fsp3) is 0.294. The highest BCUT2D eigenvalue weighted by Gasteiger charge is 2.18. The quantitative estimate of drug-likeness (QED) is 0.803. The van der Waals surface area contributed by atoms with Crippen molar-refractivity contribution >= 4 is 11.5 Å². The Morgan fingerprint density at radius 2 is 2.27 bits per heavy atom. The van der Waals surface area contributed by atoms with Crippen molar-refractivity contribution in [2.45, 2.75) is 18.9 Å². The van der Waals surface area contributed by atoms with Crippen LogP contribution >= 0.6 is 0 Å². The largest absolute Gasteiger partial charge is 0.376 e. The lowest BCUT2D eigenvalue weighted by molar-refractivity contribution is 0.120. The molecule has 1 unspecified atom stereocenters. The van der Waals surface area contributed by atoms with Crippen LogP contribution in [0.25, 0.3) is 16.9 Å². The van der Waals surface area contributed by atoms with Gasteiger partial charge >= 0.3 is 0 Å². The number of hydrogen-bond donors (Lipinski definition) is 1. The van der Waals surface area contributed by atoms with Crippen LogP contribution in [0.2, 0.25) is 0 Å². The van der Waals surface area contributed by atoms with Crippen LogP contribution in [0.4, 0.5) is 5.82 Å². The molecule has 1 saturated heterocycles. The highest BCUT2D eigenvalue weighted by Crippen LogP contribution is 2.28. The van der Waals surface area contributed by atoms with Gasteiger partial charge in [-0.1, -0.05) is 6.07 Å². The molecular weight excluding hydrogens is 276 g/mol. The minimum atomic E-state index is 0.288. The Hall–Kier alpha value is -2.40. The molecule has 0 spiro atoms. The molecule has 3 aromatic heterocycles. The molecule has 4 heterocycles. The molecule has 1 aliphatic heterocycles. The van der Waals surface area contributed by atoms with E-state index in [0.29, 0.717) is 0 Å². The molecule has 0 saturated carbocycles. The van der Waals surface area contributed by atoms with Crippen LogP contribution in [0, 0.1) is 0 Å². The summed E-state index contributed by atoms with van der Waals surface area (Å²) in [6.45, 7) is 1.67. The number of aromatic nitrogens is 3. The fourth-order valence-electron chi connectivity index (χ4n) is 2.88. The molecular formula is C17H18N4O. The summed E-state index contributed by atoms with van der Waals surface area (Å²) < 4.78 is 7.79. The zero-order valence-corrected chi connectivity index (χ0v) is 12.3. The van der Waals surface area contributed by atoms with Gasteiger partial charge in [-0.25, -0.2) is 4.98 Å². The molecule has 0 radical (unpaired) electrons. The SMILES string of the molecule is c1cncc(-c2nc3ccccn3c2NCC2CCCO2)c1. The standard InChI is InChI=1S/C17H18N4O/c1-2-9-21-15(7-1)20-16(13-5-3-8-18-11-13)17(21)19-12-14-6-4-10-22-14/h1-3,5,7-9,11,14,19H,4,6,10,12H2. The van der Waals surface area contributed by atoms with Crippen molar-refractivity contribution in [2.24, 2.45) is 0 Å². The number of fused-ring (bicyclic) bond motifs is 1. The van der Waals surface area contributed by atoms with E-state index in [0.717, 1.165) is 48.7 Å². The molecule has 112 valence electrons. The van der Waals surface area contributed by atoms with E-state index in [-0.39, 0.29) is 6.10 Å².